The molecule has 238 valence electrons. The number of esters is 2. The Bertz CT molecular complexity index is 1410. The molecule has 1 N–H and O–H groups in total. The summed E-state index contributed by atoms with van der Waals surface area (Å²) >= 11 is 18.7. The molecule has 0 aliphatic carbocycles. The second-order valence-electron chi connectivity index (χ2n) is 10.4. The lowest BCUT2D eigenvalue weighted by Crippen LogP contribution is -2.35. The van der Waals surface area contributed by atoms with Gasteiger partial charge in [-0.3, -0.25) is 0 Å². The van der Waals surface area contributed by atoms with Crippen LogP contribution in [-0.2, 0) is 19.1 Å². The van der Waals surface area contributed by atoms with Crippen molar-refractivity contribution in [1.82, 2.24) is 5.32 Å². The maximum atomic E-state index is 13.8. The van der Waals surface area contributed by atoms with Crippen molar-refractivity contribution in [2.75, 3.05) is 25.0 Å². The van der Waals surface area contributed by atoms with Gasteiger partial charge in [0.15, 0.2) is 0 Å². The van der Waals surface area contributed by atoms with Crippen LogP contribution < -0.4 is 14.8 Å². The minimum absolute atomic E-state index is 0.0497. The Hall–Kier alpha value is -3.65. The van der Waals surface area contributed by atoms with Crippen molar-refractivity contribution in [2.45, 2.75) is 44.8 Å². The fourth-order valence-electron chi connectivity index (χ4n) is 5.03. The largest absolute Gasteiger partial charge is 0.487 e. The van der Waals surface area contributed by atoms with Crippen LogP contribution in [0.3, 0.4) is 0 Å². The van der Waals surface area contributed by atoms with Crippen LogP contribution in [0.1, 0.15) is 38.2 Å². The molecule has 1 heterocycles. The lowest BCUT2D eigenvalue weighted by Gasteiger charge is -2.31. The molecule has 1 aliphatic heterocycles. The SMILES string of the molecule is CC1=C(C(=O)OCC(CCCl)Oc2ccccc2)C(c2ccccc2Cl)C(C(=O)OCC(CCCl)Oc2ccccc2)=C(C)N1. The van der Waals surface area contributed by atoms with E-state index in [4.69, 9.17) is 53.8 Å². The maximum Gasteiger partial charge on any atom is 0.336 e. The minimum atomic E-state index is -0.858. The molecule has 1 aliphatic rings. The molecule has 2 unspecified atom stereocenters. The average molecular weight is 673 g/mol. The zero-order chi connectivity index (χ0) is 32.2. The first kappa shape index (κ1) is 34.2. The fourth-order valence-corrected chi connectivity index (χ4v) is 5.76. The highest BCUT2D eigenvalue weighted by Gasteiger charge is 2.39. The molecule has 0 saturated carbocycles. The number of ether oxygens (including phenoxy) is 4. The molecule has 0 spiro atoms. The van der Waals surface area contributed by atoms with E-state index in [1.165, 1.54) is 0 Å². The molecule has 2 atom stereocenters. The van der Waals surface area contributed by atoms with Gasteiger partial charge in [-0.2, -0.15) is 0 Å². The lowest BCUT2D eigenvalue weighted by atomic mass is 9.80. The Balaban J connectivity index is 1.57. The van der Waals surface area contributed by atoms with Gasteiger partial charge in [0.25, 0.3) is 0 Å². The van der Waals surface area contributed by atoms with Crippen LogP contribution in [0.2, 0.25) is 5.02 Å². The quantitative estimate of drug-likeness (QED) is 0.130. The molecule has 0 aromatic heterocycles. The van der Waals surface area contributed by atoms with E-state index >= 15 is 0 Å². The third kappa shape index (κ3) is 9.42. The van der Waals surface area contributed by atoms with Gasteiger partial charge in [0.2, 0.25) is 0 Å². The first-order valence-corrected chi connectivity index (χ1v) is 16.1. The summed E-state index contributed by atoms with van der Waals surface area (Å²) in [4.78, 5) is 27.7. The summed E-state index contributed by atoms with van der Waals surface area (Å²) in [7, 11) is 0. The van der Waals surface area contributed by atoms with Crippen LogP contribution in [0.4, 0.5) is 0 Å². The molecule has 0 bridgehead atoms. The number of benzene rings is 3. The Kier molecular flexibility index (Phi) is 13.0. The van der Waals surface area contributed by atoms with Gasteiger partial charge in [0, 0.05) is 41.0 Å². The maximum absolute atomic E-state index is 13.8. The Labute approximate surface area is 279 Å². The summed E-state index contributed by atoms with van der Waals surface area (Å²) in [5.74, 6) is -0.186. The second-order valence-corrected chi connectivity index (χ2v) is 11.6. The smallest absolute Gasteiger partial charge is 0.336 e. The zero-order valence-corrected chi connectivity index (χ0v) is 27.4. The number of carbonyl (C=O) groups excluding carboxylic acids is 2. The summed E-state index contributed by atoms with van der Waals surface area (Å²) in [6.07, 6.45) is -0.0384. The molecule has 0 amide bonds. The molecular formula is C35H36Cl3NO6. The van der Waals surface area contributed by atoms with Crippen LogP contribution >= 0.6 is 34.8 Å². The van der Waals surface area contributed by atoms with Gasteiger partial charge in [-0.25, -0.2) is 9.59 Å². The van der Waals surface area contributed by atoms with Gasteiger partial charge >= 0.3 is 11.9 Å². The highest BCUT2D eigenvalue weighted by molar-refractivity contribution is 6.31. The van der Waals surface area contributed by atoms with E-state index in [1.54, 1.807) is 38.1 Å². The number of hydrogen-bond acceptors (Lipinski definition) is 7. The number of carbonyl (C=O) groups is 2. The fraction of sp³-hybridized carbons (Fsp3) is 0.314. The first-order valence-electron chi connectivity index (χ1n) is 14.6. The number of halogens is 3. The van der Waals surface area contributed by atoms with Gasteiger partial charge in [-0.15, -0.1) is 23.2 Å². The average Bonchev–Trinajstić information content (AvgIpc) is 3.03. The summed E-state index contributed by atoms with van der Waals surface area (Å²) in [6.45, 7) is 3.41. The van der Waals surface area contributed by atoms with Gasteiger partial charge in [0.05, 0.1) is 17.1 Å². The van der Waals surface area contributed by atoms with Crippen molar-refractivity contribution in [3.63, 3.8) is 0 Å². The highest BCUT2D eigenvalue weighted by atomic mass is 35.5. The predicted octanol–water partition coefficient (Wildman–Crippen LogP) is 7.81. The van der Waals surface area contributed by atoms with Crippen molar-refractivity contribution in [3.05, 3.63) is 118 Å². The Morgan fingerprint density at radius 2 is 1.11 bits per heavy atom. The number of hydrogen-bond donors (Lipinski definition) is 1. The molecule has 0 radical (unpaired) electrons. The van der Waals surface area contributed by atoms with Crippen LogP contribution in [-0.4, -0.2) is 49.1 Å². The minimum Gasteiger partial charge on any atom is -0.487 e. The Morgan fingerprint density at radius 1 is 0.689 bits per heavy atom. The number of alkyl halides is 2. The van der Waals surface area contributed by atoms with Crippen molar-refractivity contribution in [1.29, 1.82) is 0 Å². The number of rotatable bonds is 15. The van der Waals surface area contributed by atoms with E-state index in [-0.39, 0.29) is 24.4 Å². The standard InChI is InChI=1S/C35H36Cl3NO6/c1-23-31(34(40)42-21-27(17-19-36)44-25-11-5-3-6-12-25)33(29-15-9-10-16-30(29)38)32(24(2)39-23)35(41)43-22-28(18-20-37)45-26-13-7-4-8-14-26/h3-16,27-28,33,39H,17-22H2,1-2H3. The van der Waals surface area contributed by atoms with E-state index in [1.807, 2.05) is 60.7 Å². The number of nitrogens with one attached hydrogen (secondary N) is 1. The first-order chi connectivity index (χ1) is 21.8. The predicted molar refractivity (Wildman–Crippen MR) is 177 cm³/mol. The number of dihydropyridines is 1. The van der Waals surface area contributed by atoms with Crippen molar-refractivity contribution < 1.29 is 28.5 Å². The Morgan fingerprint density at radius 3 is 1.53 bits per heavy atom. The van der Waals surface area contributed by atoms with Crippen LogP contribution in [0.15, 0.2) is 107 Å². The van der Waals surface area contributed by atoms with E-state index in [0.29, 0.717) is 58.1 Å². The van der Waals surface area contributed by atoms with E-state index < -0.39 is 30.1 Å². The molecule has 7 nitrogen and oxygen atoms in total. The summed E-state index contributed by atoms with van der Waals surface area (Å²) in [6, 6.07) is 25.6. The van der Waals surface area contributed by atoms with Gasteiger partial charge < -0.3 is 24.3 Å². The normalized spacial score (nSPS) is 16.0. The molecule has 4 rings (SSSR count). The van der Waals surface area contributed by atoms with Gasteiger partial charge in [0.1, 0.15) is 36.9 Å². The van der Waals surface area contributed by atoms with E-state index in [2.05, 4.69) is 5.32 Å². The van der Waals surface area contributed by atoms with Crippen LogP contribution in [0, 0.1) is 0 Å². The van der Waals surface area contributed by atoms with E-state index in [0.717, 1.165) is 0 Å². The number of para-hydroxylation sites is 2. The van der Waals surface area contributed by atoms with Crippen LogP contribution in [0.25, 0.3) is 0 Å². The highest BCUT2D eigenvalue weighted by Crippen LogP contribution is 2.42. The van der Waals surface area contributed by atoms with E-state index in [9.17, 15) is 9.59 Å². The summed E-state index contributed by atoms with van der Waals surface area (Å²) in [5.41, 5.74) is 2.10. The lowest BCUT2D eigenvalue weighted by molar-refractivity contribution is -0.142. The number of allylic oxidation sites excluding steroid dienone is 2. The third-order valence-corrected chi connectivity index (χ3v) is 7.95. The van der Waals surface area contributed by atoms with Crippen molar-refractivity contribution in [2.24, 2.45) is 0 Å². The summed E-state index contributed by atoms with van der Waals surface area (Å²) < 4.78 is 23.7. The molecular weight excluding hydrogens is 637 g/mol. The monoisotopic (exact) mass is 671 g/mol. The molecule has 0 saturated heterocycles. The van der Waals surface area contributed by atoms with Crippen molar-refractivity contribution in [3.8, 4) is 11.5 Å². The molecule has 3 aromatic rings. The van der Waals surface area contributed by atoms with Gasteiger partial charge in [-0.1, -0.05) is 66.2 Å². The molecule has 45 heavy (non-hydrogen) atoms. The third-order valence-electron chi connectivity index (χ3n) is 7.17. The van der Waals surface area contributed by atoms with Crippen LogP contribution in [0.5, 0.6) is 11.5 Å². The topological polar surface area (TPSA) is 83.1 Å². The van der Waals surface area contributed by atoms with Gasteiger partial charge in [-0.05, 0) is 49.7 Å². The summed E-state index contributed by atoms with van der Waals surface area (Å²) in [5, 5.41) is 3.56. The second kappa shape index (κ2) is 17.2. The molecule has 0 fully saturated rings. The van der Waals surface area contributed by atoms with Crippen molar-refractivity contribution >= 4 is 46.7 Å². The molecule has 10 heteroatoms. The molecule has 3 aromatic carbocycles. The zero-order valence-electron chi connectivity index (χ0n) is 25.1.